The minimum atomic E-state index is -3.77. The van der Waals surface area contributed by atoms with Gasteiger partial charge in [0.2, 0.25) is 0 Å². The minimum absolute atomic E-state index is 0.236. The molecule has 0 aromatic carbocycles. The highest BCUT2D eigenvalue weighted by molar-refractivity contribution is 7.81. The standard InChI is InChI=1S/C16H34O4S/c1-3-5-7-9-10-11-12-14-16-20-21(17,18)19-15-13-8-6-4-2/h3-16H2,1-2H3. The predicted molar refractivity (Wildman–Crippen MR) is 87.6 cm³/mol. The van der Waals surface area contributed by atoms with Crippen LogP contribution < -0.4 is 0 Å². The Kier molecular flexibility index (Phi) is 14.7. The summed E-state index contributed by atoms with van der Waals surface area (Å²) in [5, 5.41) is 0. The first-order valence-electron chi connectivity index (χ1n) is 8.66. The van der Waals surface area contributed by atoms with Crippen molar-refractivity contribution < 1.29 is 16.8 Å². The summed E-state index contributed by atoms with van der Waals surface area (Å²) < 4.78 is 32.5. The highest BCUT2D eigenvalue weighted by Crippen LogP contribution is 2.09. The second kappa shape index (κ2) is 14.8. The predicted octanol–water partition coefficient (Wildman–Crippen LogP) is 4.99. The SMILES string of the molecule is CCCCCCCCCCOS(=O)(=O)OCCCCCC. The quantitative estimate of drug-likeness (QED) is 0.376. The maximum atomic E-state index is 11.4. The van der Waals surface area contributed by atoms with Crippen LogP contribution in [0, 0.1) is 0 Å². The van der Waals surface area contributed by atoms with E-state index >= 15 is 0 Å². The summed E-state index contributed by atoms with van der Waals surface area (Å²) in [6.07, 6.45) is 13.4. The fraction of sp³-hybridized carbons (Fsp3) is 1.00. The summed E-state index contributed by atoms with van der Waals surface area (Å²) in [5.41, 5.74) is 0. The van der Waals surface area contributed by atoms with Gasteiger partial charge in [0, 0.05) is 0 Å². The van der Waals surface area contributed by atoms with Gasteiger partial charge in [-0.2, -0.15) is 8.42 Å². The van der Waals surface area contributed by atoms with E-state index < -0.39 is 10.4 Å². The average molecular weight is 323 g/mol. The van der Waals surface area contributed by atoms with Gasteiger partial charge >= 0.3 is 10.4 Å². The Bertz CT molecular complexity index is 301. The van der Waals surface area contributed by atoms with Crippen LogP contribution in [0.15, 0.2) is 0 Å². The molecular formula is C16H34O4S. The number of rotatable bonds is 16. The first kappa shape index (κ1) is 20.9. The number of hydrogen-bond acceptors (Lipinski definition) is 4. The van der Waals surface area contributed by atoms with Crippen molar-refractivity contribution in [3.8, 4) is 0 Å². The average Bonchev–Trinajstić information content (AvgIpc) is 2.45. The minimum Gasteiger partial charge on any atom is -0.248 e. The summed E-state index contributed by atoms with van der Waals surface area (Å²) in [5.74, 6) is 0. The molecule has 0 heterocycles. The van der Waals surface area contributed by atoms with Crippen molar-refractivity contribution in [3.05, 3.63) is 0 Å². The molecule has 0 saturated heterocycles. The van der Waals surface area contributed by atoms with Crippen molar-refractivity contribution in [2.24, 2.45) is 0 Å². The second-order valence-electron chi connectivity index (χ2n) is 5.59. The third-order valence-corrected chi connectivity index (χ3v) is 4.36. The van der Waals surface area contributed by atoms with Gasteiger partial charge in [-0.3, -0.25) is 0 Å². The topological polar surface area (TPSA) is 52.6 Å². The Morgan fingerprint density at radius 2 is 0.905 bits per heavy atom. The molecule has 0 rings (SSSR count). The Morgan fingerprint density at radius 1 is 0.571 bits per heavy atom. The van der Waals surface area contributed by atoms with Crippen LogP contribution >= 0.6 is 0 Å². The molecule has 0 spiro atoms. The van der Waals surface area contributed by atoms with Crippen LogP contribution in [0.2, 0.25) is 0 Å². The molecule has 0 N–H and O–H groups in total. The number of unbranched alkanes of at least 4 members (excludes halogenated alkanes) is 10. The molecule has 0 bridgehead atoms. The van der Waals surface area contributed by atoms with Crippen LogP contribution in [-0.2, 0) is 18.8 Å². The Morgan fingerprint density at radius 3 is 1.33 bits per heavy atom. The summed E-state index contributed by atoms with van der Waals surface area (Å²) in [6, 6.07) is 0. The van der Waals surface area contributed by atoms with E-state index in [-0.39, 0.29) is 13.2 Å². The van der Waals surface area contributed by atoms with Gasteiger partial charge < -0.3 is 0 Å². The van der Waals surface area contributed by atoms with Gasteiger partial charge in [0.1, 0.15) is 0 Å². The zero-order chi connectivity index (χ0) is 15.8. The molecule has 0 aliphatic heterocycles. The van der Waals surface area contributed by atoms with E-state index in [4.69, 9.17) is 8.37 Å². The van der Waals surface area contributed by atoms with Crippen LogP contribution in [0.4, 0.5) is 0 Å². The van der Waals surface area contributed by atoms with Crippen molar-refractivity contribution >= 4 is 10.4 Å². The first-order chi connectivity index (χ1) is 10.1. The maximum absolute atomic E-state index is 11.4. The molecule has 0 aliphatic carbocycles. The fourth-order valence-corrected chi connectivity index (χ4v) is 2.83. The van der Waals surface area contributed by atoms with Crippen molar-refractivity contribution in [1.82, 2.24) is 0 Å². The Labute approximate surface area is 131 Å². The van der Waals surface area contributed by atoms with Crippen molar-refractivity contribution in [1.29, 1.82) is 0 Å². The zero-order valence-corrected chi connectivity index (χ0v) is 14.8. The molecule has 21 heavy (non-hydrogen) atoms. The highest BCUT2D eigenvalue weighted by atomic mass is 32.3. The molecule has 0 aromatic heterocycles. The monoisotopic (exact) mass is 322 g/mol. The van der Waals surface area contributed by atoms with Crippen LogP contribution in [0.1, 0.15) is 90.9 Å². The lowest BCUT2D eigenvalue weighted by atomic mass is 10.1. The molecule has 0 unspecified atom stereocenters. The third kappa shape index (κ3) is 16.1. The molecule has 0 amide bonds. The maximum Gasteiger partial charge on any atom is 0.399 e. The summed E-state index contributed by atoms with van der Waals surface area (Å²) >= 11 is 0. The smallest absolute Gasteiger partial charge is 0.248 e. The van der Waals surface area contributed by atoms with Crippen molar-refractivity contribution in [2.45, 2.75) is 90.9 Å². The second-order valence-corrected chi connectivity index (χ2v) is 6.88. The molecule has 0 saturated carbocycles. The van der Waals surface area contributed by atoms with Gasteiger partial charge in [-0.1, -0.05) is 78.1 Å². The zero-order valence-electron chi connectivity index (χ0n) is 13.9. The molecule has 0 aromatic rings. The number of hydrogen-bond donors (Lipinski definition) is 0. The van der Waals surface area contributed by atoms with E-state index in [1.807, 2.05) is 0 Å². The largest absolute Gasteiger partial charge is 0.399 e. The van der Waals surface area contributed by atoms with Crippen molar-refractivity contribution in [2.75, 3.05) is 13.2 Å². The molecule has 0 atom stereocenters. The van der Waals surface area contributed by atoms with Crippen LogP contribution in [0.3, 0.4) is 0 Å². The fourth-order valence-electron chi connectivity index (χ4n) is 2.12. The van der Waals surface area contributed by atoms with Crippen LogP contribution in [0.5, 0.6) is 0 Å². The lowest BCUT2D eigenvalue weighted by Crippen LogP contribution is -2.12. The van der Waals surface area contributed by atoms with Crippen LogP contribution in [-0.4, -0.2) is 21.6 Å². The molecule has 0 aliphatic rings. The molecule has 5 heteroatoms. The van der Waals surface area contributed by atoms with Crippen LogP contribution in [0.25, 0.3) is 0 Å². The first-order valence-corrected chi connectivity index (χ1v) is 9.99. The summed E-state index contributed by atoms with van der Waals surface area (Å²) in [6.45, 7) is 4.81. The van der Waals surface area contributed by atoms with Gasteiger partial charge in [0.25, 0.3) is 0 Å². The van der Waals surface area contributed by atoms with Gasteiger partial charge in [0.15, 0.2) is 0 Å². The normalized spacial score (nSPS) is 11.9. The Hall–Kier alpha value is -0.130. The lowest BCUT2D eigenvalue weighted by Gasteiger charge is -2.06. The van der Waals surface area contributed by atoms with Gasteiger partial charge in [0.05, 0.1) is 13.2 Å². The van der Waals surface area contributed by atoms with Gasteiger partial charge in [-0.05, 0) is 12.8 Å². The van der Waals surface area contributed by atoms with E-state index in [0.717, 1.165) is 44.9 Å². The van der Waals surface area contributed by atoms with E-state index in [9.17, 15) is 8.42 Å². The van der Waals surface area contributed by atoms with Crippen molar-refractivity contribution in [3.63, 3.8) is 0 Å². The van der Waals surface area contributed by atoms with E-state index in [1.165, 1.54) is 32.1 Å². The molecule has 0 fully saturated rings. The molecule has 0 radical (unpaired) electrons. The molecular weight excluding hydrogens is 288 g/mol. The van der Waals surface area contributed by atoms with E-state index in [0.29, 0.717) is 0 Å². The van der Waals surface area contributed by atoms with Gasteiger partial charge in [-0.25, -0.2) is 8.37 Å². The molecule has 128 valence electrons. The summed E-state index contributed by atoms with van der Waals surface area (Å²) in [4.78, 5) is 0. The highest BCUT2D eigenvalue weighted by Gasteiger charge is 2.10. The lowest BCUT2D eigenvalue weighted by molar-refractivity contribution is 0.208. The van der Waals surface area contributed by atoms with E-state index in [2.05, 4.69) is 13.8 Å². The summed E-state index contributed by atoms with van der Waals surface area (Å²) in [7, 11) is -3.77. The molecule has 4 nitrogen and oxygen atoms in total. The van der Waals surface area contributed by atoms with Gasteiger partial charge in [-0.15, -0.1) is 0 Å². The Balaban J connectivity index is 3.36. The third-order valence-electron chi connectivity index (χ3n) is 3.45. The van der Waals surface area contributed by atoms with E-state index in [1.54, 1.807) is 0 Å².